The quantitative estimate of drug-likeness (QED) is 0.393. The maximum absolute atomic E-state index is 13.9. The number of methoxy groups -OCH3 is 2. The first kappa shape index (κ1) is 26.6. The lowest BCUT2D eigenvalue weighted by Crippen LogP contribution is -2.17. The van der Waals surface area contributed by atoms with Crippen molar-refractivity contribution in [2.75, 3.05) is 14.2 Å². The second-order valence-corrected chi connectivity index (χ2v) is 11.1. The molecule has 7 heteroatoms. The van der Waals surface area contributed by atoms with E-state index in [0.29, 0.717) is 29.2 Å². The Bertz CT molecular complexity index is 1350. The van der Waals surface area contributed by atoms with Gasteiger partial charge in [0.05, 0.1) is 24.8 Å². The van der Waals surface area contributed by atoms with Gasteiger partial charge in [-0.1, -0.05) is 42.5 Å². The maximum atomic E-state index is 13.9. The second-order valence-electron chi connectivity index (χ2n) is 8.96. The van der Waals surface area contributed by atoms with E-state index in [9.17, 15) is 8.42 Å². The molecule has 0 amide bonds. The summed E-state index contributed by atoms with van der Waals surface area (Å²) in [7, 11) is -0.398. The van der Waals surface area contributed by atoms with E-state index < -0.39 is 15.1 Å². The average molecular weight is 519 g/mol. The highest BCUT2D eigenvalue weighted by Crippen LogP contribution is 2.36. The third-order valence-corrected chi connectivity index (χ3v) is 8.79. The topological polar surface area (TPSA) is 78.4 Å². The minimum atomic E-state index is -3.70. The first-order valence-corrected chi connectivity index (χ1v) is 14.2. The highest BCUT2D eigenvalue weighted by atomic mass is 32.2. The van der Waals surface area contributed by atoms with Crippen molar-refractivity contribution in [2.45, 2.75) is 55.1 Å². The van der Waals surface area contributed by atoms with Crippen molar-refractivity contribution in [3.05, 3.63) is 102 Å². The second kappa shape index (κ2) is 12.7. The van der Waals surface area contributed by atoms with Gasteiger partial charge in [-0.25, -0.2) is 8.42 Å². The Morgan fingerprint density at radius 2 is 1.32 bits per heavy atom. The van der Waals surface area contributed by atoms with Crippen molar-refractivity contribution >= 4 is 9.84 Å². The third-order valence-electron chi connectivity index (χ3n) is 6.69. The number of sulfone groups is 1. The van der Waals surface area contributed by atoms with E-state index in [0.717, 1.165) is 54.7 Å². The molecule has 6 nitrogen and oxygen atoms in total. The molecular formula is C30H34N2O4S. The molecule has 1 aliphatic carbocycles. The number of rotatable bonds is 4. The van der Waals surface area contributed by atoms with Crippen LogP contribution in [0, 0.1) is 0 Å². The molecular weight excluding hydrogens is 484 g/mol. The van der Waals surface area contributed by atoms with Crippen molar-refractivity contribution in [3.8, 4) is 11.5 Å². The Balaban J connectivity index is 1.74. The van der Waals surface area contributed by atoms with E-state index in [1.165, 1.54) is 0 Å². The molecule has 2 heterocycles. The Kier molecular flexibility index (Phi) is 9.12. The van der Waals surface area contributed by atoms with Crippen LogP contribution in [0.3, 0.4) is 0 Å². The summed E-state index contributed by atoms with van der Waals surface area (Å²) < 4.78 is 39.0. The molecule has 3 aromatic rings. The van der Waals surface area contributed by atoms with E-state index in [4.69, 9.17) is 9.47 Å². The van der Waals surface area contributed by atoms with Crippen LogP contribution in [0.2, 0.25) is 0 Å². The van der Waals surface area contributed by atoms with Gasteiger partial charge in [-0.2, -0.15) is 0 Å². The van der Waals surface area contributed by atoms with Gasteiger partial charge in [0.15, 0.2) is 9.84 Å². The number of hydrogen-bond donors (Lipinski definition) is 0. The normalized spacial score (nSPS) is 18.7. The molecule has 0 saturated heterocycles. The fourth-order valence-electron chi connectivity index (χ4n) is 4.81. The molecule has 0 fully saturated rings. The molecule has 0 aliphatic heterocycles. The van der Waals surface area contributed by atoms with E-state index in [2.05, 4.69) is 28.2 Å². The van der Waals surface area contributed by atoms with Crippen molar-refractivity contribution in [1.29, 1.82) is 0 Å². The first-order valence-electron chi connectivity index (χ1n) is 12.7. The number of pyridine rings is 2. The summed E-state index contributed by atoms with van der Waals surface area (Å²) in [5.41, 5.74) is 3.56. The number of ether oxygens (including phenoxy) is 2. The average Bonchev–Trinajstić information content (AvgIpc) is 2.92. The summed E-state index contributed by atoms with van der Waals surface area (Å²) in [5, 5.41) is -0.823. The van der Waals surface area contributed by atoms with E-state index >= 15 is 0 Å². The minimum absolute atomic E-state index is 0.294. The zero-order valence-corrected chi connectivity index (χ0v) is 22.3. The SMILES string of the molecule is COc1ccnc2c1CC/C=C/CC(S(=O)(=O)c1ccccc1)c1nccc(OC)c1CC/C=C\CC2. The lowest BCUT2D eigenvalue weighted by atomic mass is 10.0. The zero-order chi connectivity index (χ0) is 26.1. The molecule has 2 aromatic heterocycles. The number of aryl methyl sites for hydroxylation is 1. The van der Waals surface area contributed by atoms with Gasteiger partial charge in [-0.05, 0) is 69.2 Å². The van der Waals surface area contributed by atoms with Gasteiger partial charge in [0.1, 0.15) is 16.7 Å². The lowest BCUT2D eigenvalue weighted by Gasteiger charge is -2.21. The predicted octanol–water partition coefficient (Wildman–Crippen LogP) is 6.02. The van der Waals surface area contributed by atoms with Crippen LogP contribution in [0.1, 0.15) is 53.4 Å². The Labute approximate surface area is 220 Å². The lowest BCUT2D eigenvalue weighted by molar-refractivity contribution is 0.407. The number of nitrogens with zero attached hydrogens (tertiary/aromatic N) is 2. The van der Waals surface area contributed by atoms with Crippen LogP contribution in [0.15, 0.2) is 84.1 Å². The Hall–Kier alpha value is -3.45. The van der Waals surface area contributed by atoms with Crippen LogP contribution >= 0.6 is 0 Å². The van der Waals surface area contributed by atoms with Gasteiger partial charge >= 0.3 is 0 Å². The summed E-state index contributed by atoms with van der Waals surface area (Å²) in [6.45, 7) is 0. The fraction of sp³-hybridized carbons (Fsp3) is 0.333. The van der Waals surface area contributed by atoms with E-state index in [1.807, 2.05) is 18.2 Å². The largest absolute Gasteiger partial charge is 0.496 e. The summed E-state index contributed by atoms with van der Waals surface area (Å²) in [6, 6.07) is 12.3. The van der Waals surface area contributed by atoms with Crippen molar-refractivity contribution in [1.82, 2.24) is 9.97 Å². The Morgan fingerprint density at radius 3 is 2.03 bits per heavy atom. The molecule has 1 atom stereocenters. The molecule has 0 bridgehead atoms. The van der Waals surface area contributed by atoms with Gasteiger partial charge in [0, 0.05) is 29.2 Å². The molecule has 194 valence electrons. The third kappa shape index (κ3) is 6.28. The molecule has 0 saturated carbocycles. The molecule has 0 radical (unpaired) electrons. The molecule has 0 N–H and O–H groups in total. The Morgan fingerprint density at radius 1 is 0.730 bits per heavy atom. The van der Waals surface area contributed by atoms with Gasteiger partial charge in [0.25, 0.3) is 0 Å². The van der Waals surface area contributed by atoms with Crippen LogP contribution in [-0.2, 0) is 29.1 Å². The summed E-state index contributed by atoms with van der Waals surface area (Å²) in [6.07, 6.45) is 16.7. The summed E-state index contributed by atoms with van der Waals surface area (Å²) in [4.78, 5) is 9.53. The number of hydrogen-bond acceptors (Lipinski definition) is 6. The van der Waals surface area contributed by atoms with Gasteiger partial charge in [-0.15, -0.1) is 0 Å². The molecule has 0 spiro atoms. The van der Waals surface area contributed by atoms with Crippen LogP contribution in [0.5, 0.6) is 11.5 Å². The standard InChI is InChI=1S/C30H34N2O4S/c1-35-27-19-21-31-26-17-11-4-3-9-16-25-28(36-2)20-22-32-30(25)29(18-12-6-10-15-24(26)27)37(33,34)23-13-7-5-8-14-23/h3-8,12-14,19-22,29H,9-11,15-18H2,1-2H3/b4-3-,12-6+. The van der Waals surface area contributed by atoms with E-state index in [1.54, 1.807) is 56.9 Å². The first-order chi connectivity index (χ1) is 18.1. The molecule has 1 unspecified atom stereocenters. The molecule has 4 rings (SSSR count). The van der Waals surface area contributed by atoms with Gasteiger partial charge in [-0.3, -0.25) is 9.97 Å². The van der Waals surface area contributed by atoms with Crippen LogP contribution in [-0.4, -0.2) is 32.6 Å². The molecule has 37 heavy (non-hydrogen) atoms. The maximum Gasteiger partial charge on any atom is 0.187 e. The monoisotopic (exact) mass is 518 g/mol. The predicted molar refractivity (Wildman–Crippen MR) is 146 cm³/mol. The van der Waals surface area contributed by atoms with Crippen LogP contribution in [0.25, 0.3) is 0 Å². The highest BCUT2D eigenvalue weighted by Gasteiger charge is 2.32. The van der Waals surface area contributed by atoms with Crippen LogP contribution < -0.4 is 9.47 Å². The fourth-order valence-corrected chi connectivity index (χ4v) is 6.53. The summed E-state index contributed by atoms with van der Waals surface area (Å²) >= 11 is 0. The van der Waals surface area contributed by atoms with Gasteiger partial charge in [0.2, 0.25) is 0 Å². The highest BCUT2D eigenvalue weighted by molar-refractivity contribution is 7.91. The van der Waals surface area contributed by atoms with Crippen molar-refractivity contribution in [3.63, 3.8) is 0 Å². The zero-order valence-electron chi connectivity index (χ0n) is 21.5. The number of allylic oxidation sites excluding steroid dienone is 4. The smallest absolute Gasteiger partial charge is 0.187 e. The van der Waals surface area contributed by atoms with Crippen LogP contribution in [0.4, 0.5) is 0 Å². The number of benzene rings is 1. The van der Waals surface area contributed by atoms with Gasteiger partial charge < -0.3 is 9.47 Å². The molecule has 1 aliphatic rings. The van der Waals surface area contributed by atoms with Crippen molar-refractivity contribution < 1.29 is 17.9 Å². The summed E-state index contributed by atoms with van der Waals surface area (Å²) in [5.74, 6) is 1.51. The minimum Gasteiger partial charge on any atom is -0.496 e. The number of aromatic nitrogens is 2. The number of fused-ring (bicyclic) bond motifs is 2. The van der Waals surface area contributed by atoms with Crippen molar-refractivity contribution in [2.24, 2.45) is 0 Å². The van der Waals surface area contributed by atoms with E-state index in [-0.39, 0.29) is 0 Å². The molecule has 1 aromatic carbocycles.